The highest BCUT2D eigenvalue weighted by Gasteiger charge is 2.13. The fraction of sp³-hybridized carbons (Fsp3) is 0.786. The van der Waals surface area contributed by atoms with Crippen molar-refractivity contribution in [2.45, 2.75) is 52.5 Å². The van der Waals surface area contributed by atoms with Crippen LogP contribution in [0.3, 0.4) is 0 Å². The number of hydrogen-bond donors (Lipinski definition) is 2. The number of guanidine groups is 1. The lowest BCUT2D eigenvalue weighted by atomic mass is 10.2. The quantitative estimate of drug-likeness (QED) is 0.444. The summed E-state index contributed by atoms with van der Waals surface area (Å²) in [4.78, 5) is 4.56. The maximum Gasteiger partial charge on any atom is 0.191 e. The van der Waals surface area contributed by atoms with Gasteiger partial charge in [-0.2, -0.15) is 0 Å². The van der Waals surface area contributed by atoms with E-state index in [0.29, 0.717) is 0 Å². The summed E-state index contributed by atoms with van der Waals surface area (Å²) >= 11 is 0. The molecule has 0 amide bonds. The summed E-state index contributed by atoms with van der Waals surface area (Å²) in [5.74, 6) is 3.11. The van der Waals surface area contributed by atoms with Gasteiger partial charge < -0.3 is 15.2 Å². The SMILES string of the molecule is CCNC(=NCCc1nnc2n1CCCCC2)NCC.I. The van der Waals surface area contributed by atoms with Crippen LogP contribution in [0, 0.1) is 0 Å². The van der Waals surface area contributed by atoms with Gasteiger partial charge in [-0.15, -0.1) is 34.2 Å². The summed E-state index contributed by atoms with van der Waals surface area (Å²) in [6.45, 7) is 7.72. The Morgan fingerprint density at radius 2 is 1.90 bits per heavy atom. The number of fused-ring (bicyclic) bond motifs is 1. The number of aryl methyl sites for hydroxylation is 1. The van der Waals surface area contributed by atoms with Crippen LogP contribution in [0.4, 0.5) is 0 Å². The fourth-order valence-corrected chi connectivity index (χ4v) is 2.51. The van der Waals surface area contributed by atoms with Gasteiger partial charge in [0.15, 0.2) is 5.96 Å². The van der Waals surface area contributed by atoms with Gasteiger partial charge in [0.1, 0.15) is 11.6 Å². The molecule has 2 N–H and O–H groups in total. The molecule has 1 aromatic rings. The Morgan fingerprint density at radius 1 is 1.14 bits per heavy atom. The van der Waals surface area contributed by atoms with E-state index in [2.05, 4.69) is 44.2 Å². The van der Waals surface area contributed by atoms with Crippen molar-refractivity contribution >= 4 is 29.9 Å². The minimum atomic E-state index is 0. The molecule has 0 saturated carbocycles. The van der Waals surface area contributed by atoms with Gasteiger partial charge in [-0.05, 0) is 26.7 Å². The van der Waals surface area contributed by atoms with Crippen LogP contribution in [0.5, 0.6) is 0 Å². The molecule has 0 aliphatic carbocycles. The molecule has 2 rings (SSSR count). The van der Waals surface area contributed by atoms with E-state index in [1.807, 2.05) is 0 Å². The number of rotatable bonds is 5. The molecule has 0 spiro atoms. The first-order chi connectivity index (χ1) is 9.85. The van der Waals surface area contributed by atoms with Gasteiger partial charge in [0.2, 0.25) is 0 Å². The lowest BCUT2D eigenvalue weighted by molar-refractivity contribution is 0.604. The molecular formula is C14H27IN6. The highest BCUT2D eigenvalue weighted by atomic mass is 127. The normalized spacial score (nSPS) is 13.6. The van der Waals surface area contributed by atoms with Crippen LogP contribution in [-0.2, 0) is 19.4 Å². The van der Waals surface area contributed by atoms with Crippen molar-refractivity contribution in [3.63, 3.8) is 0 Å². The number of halogens is 1. The first-order valence-electron chi connectivity index (χ1n) is 7.78. The standard InChI is InChI=1S/C14H26N6.HI/c1-3-15-14(16-4-2)17-10-9-13-19-18-12-8-6-5-7-11-20(12)13;/h3-11H2,1-2H3,(H2,15,16,17);1H. The van der Waals surface area contributed by atoms with Crippen molar-refractivity contribution in [3.05, 3.63) is 11.6 Å². The zero-order chi connectivity index (χ0) is 14.2. The fourth-order valence-electron chi connectivity index (χ4n) is 2.51. The van der Waals surface area contributed by atoms with E-state index in [1.54, 1.807) is 0 Å². The Labute approximate surface area is 144 Å². The lowest BCUT2D eigenvalue weighted by Crippen LogP contribution is -2.37. The molecule has 1 aliphatic rings. The Morgan fingerprint density at radius 3 is 2.62 bits per heavy atom. The van der Waals surface area contributed by atoms with Crippen molar-refractivity contribution in [2.75, 3.05) is 19.6 Å². The summed E-state index contributed by atoms with van der Waals surface area (Å²) in [6.07, 6.45) is 5.69. The van der Waals surface area contributed by atoms with Crippen LogP contribution in [0.15, 0.2) is 4.99 Å². The van der Waals surface area contributed by atoms with Crippen LogP contribution in [-0.4, -0.2) is 40.4 Å². The van der Waals surface area contributed by atoms with Crippen molar-refractivity contribution in [1.82, 2.24) is 25.4 Å². The summed E-state index contributed by atoms with van der Waals surface area (Å²) in [5.41, 5.74) is 0. The number of hydrogen-bond acceptors (Lipinski definition) is 3. The molecule has 1 aromatic heterocycles. The van der Waals surface area contributed by atoms with Crippen LogP contribution < -0.4 is 10.6 Å². The van der Waals surface area contributed by atoms with E-state index in [-0.39, 0.29) is 24.0 Å². The number of aliphatic imine (C=N–C) groups is 1. The second-order valence-corrected chi connectivity index (χ2v) is 5.04. The number of aromatic nitrogens is 3. The van der Waals surface area contributed by atoms with Crippen molar-refractivity contribution in [1.29, 1.82) is 0 Å². The summed E-state index contributed by atoms with van der Waals surface area (Å²) < 4.78 is 2.29. The van der Waals surface area contributed by atoms with Gasteiger partial charge in [0.25, 0.3) is 0 Å². The van der Waals surface area contributed by atoms with Gasteiger partial charge >= 0.3 is 0 Å². The molecule has 0 bridgehead atoms. The van der Waals surface area contributed by atoms with Gasteiger partial charge in [0.05, 0.1) is 0 Å². The second kappa shape index (κ2) is 9.97. The Hall–Kier alpha value is -0.860. The molecule has 0 atom stereocenters. The van der Waals surface area contributed by atoms with Crippen molar-refractivity contribution < 1.29 is 0 Å². The highest BCUT2D eigenvalue weighted by molar-refractivity contribution is 14.0. The third-order valence-corrected chi connectivity index (χ3v) is 3.48. The largest absolute Gasteiger partial charge is 0.357 e. The second-order valence-electron chi connectivity index (χ2n) is 5.04. The van der Waals surface area contributed by atoms with Crippen LogP contribution in [0.1, 0.15) is 44.8 Å². The lowest BCUT2D eigenvalue weighted by Gasteiger charge is -2.09. The monoisotopic (exact) mass is 406 g/mol. The molecule has 0 radical (unpaired) electrons. The third-order valence-electron chi connectivity index (χ3n) is 3.48. The van der Waals surface area contributed by atoms with Gasteiger partial charge in [-0.25, -0.2) is 0 Å². The summed E-state index contributed by atoms with van der Waals surface area (Å²) in [5, 5.41) is 15.1. The molecule has 0 aromatic carbocycles. The van der Waals surface area contributed by atoms with Gasteiger partial charge in [-0.3, -0.25) is 4.99 Å². The van der Waals surface area contributed by atoms with Gasteiger partial charge in [0, 0.05) is 39.0 Å². The minimum absolute atomic E-state index is 0. The van der Waals surface area contributed by atoms with E-state index < -0.39 is 0 Å². The van der Waals surface area contributed by atoms with Crippen molar-refractivity contribution in [2.24, 2.45) is 4.99 Å². The molecule has 2 heterocycles. The van der Waals surface area contributed by atoms with E-state index in [0.717, 1.165) is 56.6 Å². The predicted molar refractivity (Wildman–Crippen MR) is 96.4 cm³/mol. The zero-order valence-electron chi connectivity index (χ0n) is 13.1. The first-order valence-corrected chi connectivity index (χ1v) is 7.78. The molecule has 0 saturated heterocycles. The summed E-state index contributed by atoms with van der Waals surface area (Å²) in [6, 6.07) is 0. The summed E-state index contributed by atoms with van der Waals surface area (Å²) in [7, 11) is 0. The van der Waals surface area contributed by atoms with E-state index >= 15 is 0 Å². The molecule has 0 unspecified atom stereocenters. The molecule has 1 aliphatic heterocycles. The van der Waals surface area contributed by atoms with Crippen LogP contribution >= 0.6 is 24.0 Å². The average molecular weight is 406 g/mol. The Bertz CT molecular complexity index is 435. The molecular weight excluding hydrogens is 379 g/mol. The first kappa shape index (κ1) is 18.2. The Kier molecular flexibility index (Phi) is 8.63. The molecule has 120 valence electrons. The zero-order valence-corrected chi connectivity index (χ0v) is 15.4. The maximum atomic E-state index is 4.56. The highest BCUT2D eigenvalue weighted by Crippen LogP contribution is 2.14. The van der Waals surface area contributed by atoms with E-state index in [9.17, 15) is 0 Å². The minimum Gasteiger partial charge on any atom is -0.357 e. The topological polar surface area (TPSA) is 67.1 Å². The van der Waals surface area contributed by atoms with E-state index in [4.69, 9.17) is 0 Å². The average Bonchev–Trinajstić information content (AvgIpc) is 2.68. The van der Waals surface area contributed by atoms with E-state index in [1.165, 1.54) is 19.3 Å². The van der Waals surface area contributed by atoms with Gasteiger partial charge in [-0.1, -0.05) is 6.42 Å². The molecule has 21 heavy (non-hydrogen) atoms. The van der Waals surface area contributed by atoms with Crippen LogP contribution in [0.2, 0.25) is 0 Å². The maximum absolute atomic E-state index is 4.56. The predicted octanol–water partition coefficient (Wildman–Crippen LogP) is 1.74. The van der Waals surface area contributed by atoms with Crippen LogP contribution in [0.25, 0.3) is 0 Å². The number of nitrogens with zero attached hydrogens (tertiary/aromatic N) is 4. The third kappa shape index (κ3) is 5.44. The smallest absolute Gasteiger partial charge is 0.191 e. The van der Waals surface area contributed by atoms with Crippen molar-refractivity contribution in [3.8, 4) is 0 Å². The number of nitrogens with one attached hydrogen (secondary N) is 2. The molecule has 7 heteroatoms. The molecule has 6 nitrogen and oxygen atoms in total. The Balaban J connectivity index is 0.00000220. The molecule has 0 fully saturated rings.